The zero-order chi connectivity index (χ0) is 13.7. The first kappa shape index (κ1) is 13.9. The number of hydrogen-bond donors (Lipinski definition) is 2. The van der Waals surface area contributed by atoms with Gasteiger partial charge in [-0.25, -0.2) is 0 Å². The van der Waals surface area contributed by atoms with Crippen molar-refractivity contribution in [1.29, 1.82) is 0 Å². The number of thioether (sulfide) groups is 1. The molecule has 1 atom stereocenters. The van der Waals surface area contributed by atoms with E-state index in [-0.39, 0.29) is 5.91 Å². The molecule has 2 aromatic carbocycles. The number of fused-ring (bicyclic) bond motifs is 1. The maximum Gasteiger partial charge on any atom is 0.241 e. The van der Waals surface area contributed by atoms with Gasteiger partial charge in [0.25, 0.3) is 0 Å². The van der Waals surface area contributed by atoms with E-state index in [1.807, 2.05) is 48.7 Å². The van der Waals surface area contributed by atoms with Crippen molar-refractivity contribution in [3.8, 4) is 0 Å². The van der Waals surface area contributed by atoms with E-state index in [0.29, 0.717) is 6.42 Å². The lowest BCUT2D eigenvalue weighted by Crippen LogP contribution is -2.36. The molecule has 0 aliphatic rings. The van der Waals surface area contributed by atoms with Crippen LogP contribution in [-0.2, 0) is 4.79 Å². The summed E-state index contributed by atoms with van der Waals surface area (Å²) in [6, 6.07) is 13.5. The van der Waals surface area contributed by atoms with E-state index in [0.717, 1.165) is 22.2 Å². The van der Waals surface area contributed by atoms with E-state index in [9.17, 15) is 4.79 Å². The number of nitrogens with one attached hydrogen (secondary N) is 1. The number of benzene rings is 2. The third-order valence-electron chi connectivity index (χ3n) is 2.99. The summed E-state index contributed by atoms with van der Waals surface area (Å²) in [5, 5.41) is 5.14. The van der Waals surface area contributed by atoms with Gasteiger partial charge in [-0.05, 0) is 41.3 Å². The molecule has 3 nitrogen and oxygen atoms in total. The highest BCUT2D eigenvalue weighted by molar-refractivity contribution is 7.98. The SMILES string of the molecule is CSCC[C@H](N)C(=O)Nc1ccc2ccccc2c1. The van der Waals surface area contributed by atoms with Gasteiger partial charge in [-0.2, -0.15) is 11.8 Å². The van der Waals surface area contributed by atoms with Crippen LogP contribution in [0, 0.1) is 0 Å². The number of carbonyl (C=O) groups is 1. The van der Waals surface area contributed by atoms with Crippen molar-refractivity contribution in [3.05, 3.63) is 42.5 Å². The zero-order valence-corrected chi connectivity index (χ0v) is 11.7. The second-order valence-corrected chi connectivity index (χ2v) is 5.42. The molecule has 19 heavy (non-hydrogen) atoms. The van der Waals surface area contributed by atoms with Gasteiger partial charge in [0.15, 0.2) is 0 Å². The minimum atomic E-state index is -0.445. The second-order valence-electron chi connectivity index (χ2n) is 4.44. The largest absolute Gasteiger partial charge is 0.325 e. The minimum Gasteiger partial charge on any atom is -0.325 e. The summed E-state index contributed by atoms with van der Waals surface area (Å²) in [5.41, 5.74) is 6.63. The third-order valence-corrected chi connectivity index (χ3v) is 3.63. The summed E-state index contributed by atoms with van der Waals surface area (Å²) in [7, 11) is 0. The number of anilines is 1. The van der Waals surface area contributed by atoms with Crippen LogP contribution < -0.4 is 11.1 Å². The van der Waals surface area contributed by atoms with Crippen molar-refractivity contribution in [2.75, 3.05) is 17.3 Å². The van der Waals surface area contributed by atoms with Crippen LogP contribution in [0.1, 0.15) is 6.42 Å². The first-order valence-corrected chi connectivity index (χ1v) is 7.64. The predicted molar refractivity (Wildman–Crippen MR) is 83.6 cm³/mol. The summed E-state index contributed by atoms with van der Waals surface area (Å²) >= 11 is 1.70. The molecule has 0 saturated carbocycles. The van der Waals surface area contributed by atoms with E-state index in [4.69, 9.17) is 5.73 Å². The molecule has 4 heteroatoms. The number of hydrogen-bond acceptors (Lipinski definition) is 3. The van der Waals surface area contributed by atoms with E-state index >= 15 is 0 Å². The predicted octanol–water partition coefficient (Wildman–Crippen LogP) is 2.86. The highest BCUT2D eigenvalue weighted by Crippen LogP contribution is 2.19. The monoisotopic (exact) mass is 274 g/mol. The van der Waals surface area contributed by atoms with Crippen molar-refractivity contribution < 1.29 is 4.79 Å². The number of rotatable bonds is 5. The van der Waals surface area contributed by atoms with E-state index in [1.165, 1.54) is 0 Å². The van der Waals surface area contributed by atoms with Gasteiger partial charge in [0.1, 0.15) is 0 Å². The lowest BCUT2D eigenvalue weighted by Gasteiger charge is -2.12. The Kier molecular flexibility index (Phi) is 4.82. The van der Waals surface area contributed by atoms with Crippen LogP contribution in [0.2, 0.25) is 0 Å². The van der Waals surface area contributed by atoms with Crippen LogP contribution in [0.15, 0.2) is 42.5 Å². The van der Waals surface area contributed by atoms with Crippen LogP contribution in [-0.4, -0.2) is 24.0 Å². The summed E-state index contributed by atoms with van der Waals surface area (Å²) in [6.07, 6.45) is 2.70. The van der Waals surface area contributed by atoms with Crippen LogP contribution in [0.4, 0.5) is 5.69 Å². The van der Waals surface area contributed by atoms with Crippen LogP contribution in [0.5, 0.6) is 0 Å². The molecular formula is C15H18N2OS. The average Bonchev–Trinajstić information content (AvgIpc) is 2.44. The molecule has 0 unspecified atom stereocenters. The fourth-order valence-electron chi connectivity index (χ4n) is 1.88. The molecule has 0 bridgehead atoms. The van der Waals surface area contributed by atoms with Gasteiger partial charge in [-0.3, -0.25) is 4.79 Å². The Labute approximate surface area is 117 Å². The van der Waals surface area contributed by atoms with E-state index < -0.39 is 6.04 Å². The van der Waals surface area contributed by atoms with Crippen LogP contribution >= 0.6 is 11.8 Å². The maximum atomic E-state index is 11.9. The van der Waals surface area contributed by atoms with Crippen molar-refractivity contribution >= 4 is 34.1 Å². The summed E-state index contributed by atoms with van der Waals surface area (Å²) < 4.78 is 0. The minimum absolute atomic E-state index is 0.121. The molecule has 100 valence electrons. The van der Waals surface area contributed by atoms with E-state index in [2.05, 4.69) is 5.32 Å². The highest BCUT2D eigenvalue weighted by Gasteiger charge is 2.12. The Balaban J connectivity index is 2.06. The Morgan fingerprint density at radius 3 is 2.74 bits per heavy atom. The second kappa shape index (κ2) is 6.59. The van der Waals surface area contributed by atoms with Crippen molar-refractivity contribution in [2.24, 2.45) is 5.73 Å². The molecule has 2 aromatic rings. The maximum absolute atomic E-state index is 11.9. The number of carbonyl (C=O) groups excluding carboxylic acids is 1. The number of amides is 1. The molecule has 0 heterocycles. The lowest BCUT2D eigenvalue weighted by molar-refractivity contribution is -0.117. The van der Waals surface area contributed by atoms with Gasteiger partial charge in [0.05, 0.1) is 6.04 Å². The van der Waals surface area contributed by atoms with Gasteiger partial charge in [0, 0.05) is 5.69 Å². The first-order chi connectivity index (χ1) is 9.20. The summed E-state index contributed by atoms with van der Waals surface area (Å²) in [4.78, 5) is 11.9. The molecule has 0 fully saturated rings. The molecule has 0 aliphatic heterocycles. The normalized spacial score (nSPS) is 12.3. The third kappa shape index (κ3) is 3.72. The van der Waals surface area contributed by atoms with Gasteiger partial charge in [-0.15, -0.1) is 0 Å². The Hall–Kier alpha value is -1.52. The fourth-order valence-corrected chi connectivity index (χ4v) is 2.37. The van der Waals surface area contributed by atoms with E-state index in [1.54, 1.807) is 11.8 Å². The summed E-state index contributed by atoms with van der Waals surface area (Å²) in [6.45, 7) is 0. The molecular weight excluding hydrogens is 256 g/mol. The van der Waals surface area contributed by atoms with Gasteiger partial charge in [0.2, 0.25) is 5.91 Å². The Morgan fingerprint density at radius 2 is 2.00 bits per heavy atom. The topological polar surface area (TPSA) is 55.1 Å². The summed E-state index contributed by atoms with van der Waals surface area (Å²) in [5.74, 6) is 0.774. The van der Waals surface area contributed by atoms with Crippen molar-refractivity contribution in [2.45, 2.75) is 12.5 Å². The van der Waals surface area contributed by atoms with Gasteiger partial charge >= 0.3 is 0 Å². The molecule has 0 spiro atoms. The zero-order valence-electron chi connectivity index (χ0n) is 10.9. The quantitative estimate of drug-likeness (QED) is 0.881. The van der Waals surface area contributed by atoms with Gasteiger partial charge < -0.3 is 11.1 Å². The molecule has 3 N–H and O–H groups in total. The molecule has 0 aliphatic carbocycles. The molecule has 0 radical (unpaired) electrons. The van der Waals surface area contributed by atoms with Crippen molar-refractivity contribution in [3.63, 3.8) is 0 Å². The molecule has 2 rings (SSSR count). The Bertz CT molecular complexity index is 571. The fraction of sp³-hybridized carbons (Fsp3) is 0.267. The van der Waals surface area contributed by atoms with Gasteiger partial charge in [-0.1, -0.05) is 30.3 Å². The number of nitrogens with two attached hydrogens (primary N) is 1. The lowest BCUT2D eigenvalue weighted by atomic mass is 10.1. The smallest absolute Gasteiger partial charge is 0.241 e. The first-order valence-electron chi connectivity index (χ1n) is 6.25. The molecule has 0 saturated heterocycles. The van der Waals surface area contributed by atoms with Crippen molar-refractivity contribution in [1.82, 2.24) is 0 Å². The average molecular weight is 274 g/mol. The highest BCUT2D eigenvalue weighted by atomic mass is 32.2. The Morgan fingerprint density at radius 1 is 1.26 bits per heavy atom. The molecule has 1 amide bonds. The van der Waals surface area contributed by atoms with Crippen LogP contribution in [0.25, 0.3) is 10.8 Å². The molecule has 0 aromatic heterocycles. The standard InChI is InChI=1S/C15H18N2OS/c1-19-9-8-14(16)15(18)17-13-7-6-11-4-2-3-5-12(11)10-13/h2-7,10,14H,8-9,16H2,1H3,(H,17,18)/t14-/m0/s1. The van der Waals surface area contributed by atoms with Crippen LogP contribution in [0.3, 0.4) is 0 Å².